The first-order chi connectivity index (χ1) is 8.79. The Kier molecular flexibility index (Phi) is 4.25. The molecule has 18 heavy (non-hydrogen) atoms. The predicted octanol–water partition coefficient (Wildman–Crippen LogP) is 2.18. The van der Waals surface area contributed by atoms with Crippen molar-refractivity contribution >= 4 is 5.82 Å². The summed E-state index contributed by atoms with van der Waals surface area (Å²) in [7, 11) is 0. The maximum absolute atomic E-state index is 10.0. The van der Waals surface area contributed by atoms with Crippen LogP contribution in [0.1, 0.15) is 24.3 Å². The molecule has 2 rings (SSSR count). The minimum atomic E-state index is -0.536. The minimum absolute atomic E-state index is 0.435. The fraction of sp³-hybridized carbons (Fsp3) is 0.286. The van der Waals surface area contributed by atoms with Crippen molar-refractivity contribution in [3.63, 3.8) is 0 Å². The molecule has 4 nitrogen and oxygen atoms in total. The molecule has 94 valence electrons. The smallest absolute Gasteiger partial charge is 0.129 e. The molecule has 1 atom stereocenters. The molecule has 0 fully saturated rings. The van der Waals surface area contributed by atoms with Gasteiger partial charge in [-0.05, 0) is 12.0 Å². The molecule has 1 aromatic heterocycles. The highest BCUT2D eigenvalue weighted by Gasteiger charge is 2.06. The van der Waals surface area contributed by atoms with Gasteiger partial charge in [0.05, 0.1) is 6.10 Å². The molecule has 0 spiro atoms. The quantitative estimate of drug-likeness (QED) is 0.845. The van der Waals surface area contributed by atoms with Crippen molar-refractivity contribution < 1.29 is 5.11 Å². The lowest BCUT2D eigenvalue weighted by Gasteiger charge is -2.12. The molecule has 4 heteroatoms. The van der Waals surface area contributed by atoms with Gasteiger partial charge in [-0.2, -0.15) is 0 Å². The van der Waals surface area contributed by atoms with Gasteiger partial charge in [-0.1, -0.05) is 37.3 Å². The van der Waals surface area contributed by atoms with Gasteiger partial charge in [0, 0.05) is 18.3 Å². The Morgan fingerprint density at radius 1 is 1.22 bits per heavy atom. The van der Waals surface area contributed by atoms with Crippen LogP contribution in [0.4, 0.5) is 5.82 Å². The highest BCUT2D eigenvalue weighted by atomic mass is 16.3. The first-order valence-corrected chi connectivity index (χ1v) is 6.07. The van der Waals surface area contributed by atoms with Crippen LogP contribution in [0.25, 0.3) is 0 Å². The van der Waals surface area contributed by atoms with Crippen molar-refractivity contribution in [2.24, 2.45) is 0 Å². The Balaban J connectivity index is 1.95. The van der Waals surface area contributed by atoms with Crippen LogP contribution in [0, 0.1) is 0 Å². The molecule has 0 bridgehead atoms. The molecule has 0 saturated carbocycles. The number of benzene rings is 1. The van der Waals surface area contributed by atoms with Gasteiger partial charge >= 0.3 is 0 Å². The zero-order chi connectivity index (χ0) is 12.8. The number of hydrogen-bond donors (Lipinski definition) is 2. The van der Waals surface area contributed by atoms with Crippen LogP contribution < -0.4 is 5.32 Å². The Labute approximate surface area is 107 Å². The molecule has 0 aliphatic carbocycles. The number of nitrogens with zero attached hydrogens (tertiary/aromatic N) is 2. The van der Waals surface area contributed by atoms with Crippen LogP contribution in [0.15, 0.2) is 42.7 Å². The van der Waals surface area contributed by atoms with Crippen molar-refractivity contribution in [3.05, 3.63) is 54.0 Å². The first kappa shape index (κ1) is 12.5. The van der Waals surface area contributed by atoms with Gasteiger partial charge in [-0.3, -0.25) is 0 Å². The fourth-order valence-corrected chi connectivity index (χ4v) is 1.68. The Morgan fingerprint density at radius 3 is 2.72 bits per heavy atom. The van der Waals surface area contributed by atoms with E-state index in [0.717, 1.165) is 23.5 Å². The molecule has 2 N–H and O–H groups in total. The molecule has 1 unspecified atom stereocenters. The SMILES string of the molecule is CCc1cc(NCC(O)c2ccccc2)ncn1. The van der Waals surface area contributed by atoms with Crippen LogP contribution in [0.2, 0.25) is 0 Å². The van der Waals surface area contributed by atoms with Gasteiger partial charge in [0.25, 0.3) is 0 Å². The minimum Gasteiger partial charge on any atom is -0.387 e. The summed E-state index contributed by atoms with van der Waals surface area (Å²) in [5, 5.41) is 13.1. The number of aliphatic hydroxyl groups is 1. The number of anilines is 1. The number of rotatable bonds is 5. The van der Waals surface area contributed by atoms with Crippen molar-refractivity contribution in [1.82, 2.24) is 9.97 Å². The van der Waals surface area contributed by atoms with Crippen molar-refractivity contribution in [1.29, 1.82) is 0 Å². The number of aryl methyl sites for hydroxylation is 1. The summed E-state index contributed by atoms with van der Waals surface area (Å²) in [5.41, 5.74) is 1.89. The summed E-state index contributed by atoms with van der Waals surface area (Å²) in [4.78, 5) is 8.25. The van der Waals surface area contributed by atoms with Crippen LogP contribution >= 0.6 is 0 Å². The van der Waals surface area contributed by atoms with E-state index in [1.807, 2.05) is 43.3 Å². The largest absolute Gasteiger partial charge is 0.387 e. The Hall–Kier alpha value is -1.94. The number of aromatic nitrogens is 2. The molecule has 1 aromatic carbocycles. The second-order valence-electron chi connectivity index (χ2n) is 4.06. The van der Waals surface area contributed by atoms with Crippen LogP contribution in [-0.2, 0) is 6.42 Å². The zero-order valence-corrected chi connectivity index (χ0v) is 10.4. The summed E-state index contributed by atoms with van der Waals surface area (Å²) in [6, 6.07) is 11.5. The molecular weight excluding hydrogens is 226 g/mol. The Bertz CT molecular complexity index is 487. The lowest BCUT2D eigenvalue weighted by molar-refractivity contribution is 0.191. The van der Waals surface area contributed by atoms with E-state index in [4.69, 9.17) is 0 Å². The van der Waals surface area contributed by atoms with Gasteiger partial charge in [0.15, 0.2) is 0 Å². The van der Waals surface area contributed by atoms with Gasteiger partial charge in [0.2, 0.25) is 0 Å². The molecule has 0 aliphatic heterocycles. The van der Waals surface area contributed by atoms with E-state index in [9.17, 15) is 5.11 Å². The molecule has 0 aliphatic rings. The summed E-state index contributed by atoms with van der Waals surface area (Å²) in [6.45, 7) is 2.48. The molecule has 0 radical (unpaired) electrons. The standard InChI is InChI=1S/C14H17N3O/c1-2-12-8-14(17-10-16-12)15-9-13(18)11-6-4-3-5-7-11/h3-8,10,13,18H,2,9H2,1H3,(H,15,16,17). The average molecular weight is 243 g/mol. The number of aliphatic hydroxyl groups excluding tert-OH is 1. The fourth-order valence-electron chi connectivity index (χ4n) is 1.68. The highest BCUT2D eigenvalue weighted by Crippen LogP contribution is 2.13. The molecule has 0 amide bonds. The second kappa shape index (κ2) is 6.12. The zero-order valence-electron chi connectivity index (χ0n) is 10.4. The highest BCUT2D eigenvalue weighted by molar-refractivity contribution is 5.35. The number of nitrogens with one attached hydrogen (secondary N) is 1. The topological polar surface area (TPSA) is 58.0 Å². The number of hydrogen-bond acceptors (Lipinski definition) is 4. The first-order valence-electron chi connectivity index (χ1n) is 6.07. The van der Waals surface area contributed by atoms with Crippen LogP contribution in [0.5, 0.6) is 0 Å². The summed E-state index contributed by atoms with van der Waals surface area (Å²) in [5.74, 6) is 0.747. The third-order valence-corrected chi connectivity index (χ3v) is 2.75. The third-order valence-electron chi connectivity index (χ3n) is 2.75. The average Bonchev–Trinajstić information content (AvgIpc) is 2.46. The molecule has 2 aromatic rings. The molecular formula is C14H17N3O. The van der Waals surface area contributed by atoms with Gasteiger partial charge in [-0.25, -0.2) is 9.97 Å². The van der Waals surface area contributed by atoms with Gasteiger partial charge < -0.3 is 10.4 Å². The summed E-state index contributed by atoms with van der Waals surface area (Å²) < 4.78 is 0. The van der Waals surface area contributed by atoms with Crippen LogP contribution in [-0.4, -0.2) is 21.6 Å². The Morgan fingerprint density at radius 2 is 2.00 bits per heavy atom. The predicted molar refractivity (Wildman–Crippen MR) is 71.3 cm³/mol. The maximum atomic E-state index is 10.0. The normalized spacial score (nSPS) is 12.1. The third kappa shape index (κ3) is 3.28. The molecule has 0 saturated heterocycles. The summed E-state index contributed by atoms with van der Waals surface area (Å²) >= 11 is 0. The lowest BCUT2D eigenvalue weighted by atomic mass is 10.1. The van der Waals surface area contributed by atoms with E-state index in [2.05, 4.69) is 15.3 Å². The second-order valence-corrected chi connectivity index (χ2v) is 4.06. The van der Waals surface area contributed by atoms with E-state index in [-0.39, 0.29) is 0 Å². The monoisotopic (exact) mass is 243 g/mol. The summed E-state index contributed by atoms with van der Waals surface area (Å²) in [6.07, 6.45) is 1.88. The van der Waals surface area contributed by atoms with E-state index < -0.39 is 6.10 Å². The van der Waals surface area contributed by atoms with E-state index in [0.29, 0.717) is 6.54 Å². The van der Waals surface area contributed by atoms with E-state index in [1.54, 1.807) is 0 Å². The molecule has 1 heterocycles. The maximum Gasteiger partial charge on any atom is 0.129 e. The van der Waals surface area contributed by atoms with Crippen LogP contribution in [0.3, 0.4) is 0 Å². The van der Waals surface area contributed by atoms with Crippen molar-refractivity contribution in [2.45, 2.75) is 19.4 Å². The van der Waals surface area contributed by atoms with Gasteiger partial charge in [0.1, 0.15) is 12.1 Å². The van der Waals surface area contributed by atoms with Crippen molar-refractivity contribution in [2.75, 3.05) is 11.9 Å². The van der Waals surface area contributed by atoms with Crippen molar-refractivity contribution in [3.8, 4) is 0 Å². The van der Waals surface area contributed by atoms with E-state index in [1.165, 1.54) is 6.33 Å². The van der Waals surface area contributed by atoms with E-state index >= 15 is 0 Å². The lowest BCUT2D eigenvalue weighted by Crippen LogP contribution is -2.13. The van der Waals surface area contributed by atoms with Gasteiger partial charge in [-0.15, -0.1) is 0 Å².